The van der Waals surface area contributed by atoms with Gasteiger partial charge in [-0.1, -0.05) is 6.07 Å². The number of nitrogens with zero attached hydrogens (tertiary/aromatic N) is 2. The van der Waals surface area contributed by atoms with Gasteiger partial charge in [0.1, 0.15) is 0 Å². The zero-order valence-corrected chi connectivity index (χ0v) is 9.88. The SMILES string of the molecule is O=[N+]([O-])c1cccc(N2CCCC[C@@H]2CO)c1F. The first kappa shape index (κ1) is 12.8. The summed E-state index contributed by atoms with van der Waals surface area (Å²) < 4.78 is 14.1. The molecule has 1 heterocycles. The van der Waals surface area contributed by atoms with Gasteiger partial charge < -0.3 is 10.0 Å². The summed E-state index contributed by atoms with van der Waals surface area (Å²) >= 11 is 0. The Bertz CT molecular complexity index is 453. The monoisotopic (exact) mass is 254 g/mol. The Morgan fingerprint density at radius 1 is 1.50 bits per heavy atom. The normalized spacial score (nSPS) is 19.9. The van der Waals surface area contributed by atoms with E-state index in [9.17, 15) is 19.6 Å². The van der Waals surface area contributed by atoms with Gasteiger partial charge in [0.05, 0.1) is 23.3 Å². The fourth-order valence-corrected chi connectivity index (χ4v) is 2.38. The van der Waals surface area contributed by atoms with E-state index in [0.717, 1.165) is 25.3 Å². The number of aliphatic hydroxyl groups excluding tert-OH is 1. The second-order valence-corrected chi connectivity index (χ2v) is 4.39. The number of rotatable bonds is 3. The Balaban J connectivity index is 2.37. The molecule has 0 radical (unpaired) electrons. The number of hydrogen-bond donors (Lipinski definition) is 1. The van der Waals surface area contributed by atoms with Crippen LogP contribution in [0.1, 0.15) is 19.3 Å². The van der Waals surface area contributed by atoms with Crippen molar-refractivity contribution >= 4 is 11.4 Å². The summed E-state index contributed by atoms with van der Waals surface area (Å²) in [5.74, 6) is -0.817. The zero-order chi connectivity index (χ0) is 13.1. The molecule has 1 saturated heterocycles. The van der Waals surface area contributed by atoms with E-state index in [0.29, 0.717) is 6.54 Å². The molecule has 0 amide bonds. The van der Waals surface area contributed by atoms with Gasteiger partial charge in [-0.15, -0.1) is 0 Å². The van der Waals surface area contributed by atoms with Crippen LogP contribution in [0, 0.1) is 15.9 Å². The van der Waals surface area contributed by atoms with Crippen molar-refractivity contribution < 1.29 is 14.4 Å². The smallest absolute Gasteiger partial charge is 0.306 e. The molecule has 1 aromatic rings. The Hall–Kier alpha value is -1.69. The molecule has 1 fully saturated rings. The summed E-state index contributed by atoms with van der Waals surface area (Å²) in [6.45, 7) is 0.547. The highest BCUT2D eigenvalue weighted by Gasteiger charge is 2.27. The van der Waals surface area contributed by atoms with E-state index in [2.05, 4.69) is 0 Å². The highest BCUT2D eigenvalue weighted by Crippen LogP contribution is 2.31. The van der Waals surface area contributed by atoms with Crippen LogP contribution in [0.5, 0.6) is 0 Å². The van der Waals surface area contributed by atoms with Gasteiger partial charge >= 0.3 is 5.69 Å². The first-order valence-corrected chi connectivity index (χ1v) is 5.95. The van der Waals surface area contributed by atoms with E-state index in [1.54, 1.807) is 4.90 Å². The minimum atomic E-state index is -0.817. The van der Waals surface area contributed by atoms with Crippen LogP contribution in [-0.4, -0.2) is 29.2 Å². The number of piperidine rings is 1. The Morgan fingerprint density at radius 2 is 2.28 bits per heavy atom. The Kier molecular flexibility index (Phi) is 3.76. The summed E-state index contributed by atoms with van der Waals surface area (Å²) in [5.41, 5.74) is -0.308. The lowest BCUT2D eigenvalue weighted by Crippen LogP contribution is -2.42. The zero-order valence-electron chi connectivity index (χ0n) is 9.88. The average molecular weight is 254 g/mol. The minimum absolute atomic E-state index is 0.0673. The van der Waals surface area contributed by atoms with E-state index < -0.39 is 16.4 Å². The van der Waals surface area contributed by atoms with Gasteiger partial charge in [0.15, 0.2) is 0 Å². The number of anilines is 1. The van der Waals surface area contributed by atoms with Crippen LogP contribution in [0.25, 0.3) is 0 Å². The Labute approximate surface area is 104 Å². The molecule has 1 atom stereocenters. The van der Waals surface area contributed by atoms with Crippen molar-refractivity contribution in [1.82, 2.24) is 0 Å². The summed E-state index contributed by atoms with van der Waals surface area (Å²) in [4.78, 5) is 11.7. The first-order valence-electron chi connectivity index (χ1n) is 5.95. The molecule has 2 rings (SSSR count). The number of nitro groups is 1. The summed E-state index contributed by atoms with van der Waals surface area (Å²) in [7, 11) is 0. The van der Waals surface area contributed by atoms with Gasteiger partial charge in [-0.25, -0.2) is 0 Å². The summed E-state index contributed by atoms with van der Waals surface area (Å²) in [5, 5.41) is 20.0. The van der Waals surface area contributed by atoms with Crippen molar-refractivity contribution in [2.75, 3.05) is 18.1 Å². The van der Waals surface area contributed by atoms with Crippen molar-refractivity contribution in [2.24, 2.45) is 0 Å². The van der Waals surface area contributed by atoms with Crippen LogP contribution in [0.2, 0.25) is 0 Å². The van der Waals surface area contributed by atoms with Crippen LogP contribution >= 0.6 is 0 Å². The molecular weight excluding hydrogens is 239 g/mol. The third-order valence-corrected chi connectivity index (χ3v) is 3.30. The van der Waals surface area contributed by atoms with Crippen molar-refractivity contribution in [1.29, 1.82) is 0 Å². The van der Waals surface area contributed by atoms with Crippen molar-refractivity contribution in [3.8, 4) is 0 Å². The van der Waals surface area contributed by atoms with Crippen LogP contribution in [-0.2, 0) is 0 Å². The molecule has 6 heteroatoms. The second-order valence-electron chi connectivity index (χ2n) is 4.39. The third-order valence-electron chi connectivity index (χ3n) is 3.30. The summed E-state index contributed by atoms with van der Waals surface area (Å²) in [6.07, 6.45) is 2.66. The highest BCUT2D eigenvalue weighted by molar-refractivity contribution is 5.56. The lowest BCUT2D eigenvalue weighted by molar-refractivity contribution is -0.387. The maximum atomic E-state index is 14.1. The topological polar surface area (TPSA) is 66.6 Å². The predicted octanol–water partition coefficient (Wildman–Crippen LogP) is 2.09. The fraction of sp³-hybridized carbons (Fsp3) is 0.500. The molecule has 1 aliphatic heterocycles. The van der Waals surface area contributed by atoms with E-state index in [1.165, 1.54) is 12.1 Å². The number of halogens is 1. The molecule has 0 aliphatic carbocycles. The summed E-state index contributed by atoms with van der Waals surface area (Å²) in [6, 6.07) is 3.99. The second kappa shape index (κ2) is 5.30. The number of benzene rings is 1. The molecule has 0 bridgehead atoms. The molecule has 0 aromatic heterocycles. The first-order chi connectivity index (χ1) is 8.65. The third kappa shape index (κ3) is 2.28. The van der Waals surface area contributed by atoms with Crippen LogP contribution in [0.15, 0.2) is 18.2 Å². The average Bonchev–Trinajstić information content (AvgIpc) is 2.38. The van der Waals surface area contributed by atoms with Gasteiger partial charge in [-0.05, 0) is 25.3 Å². The standard InChI is InChI=1S/C12H15FN2O3/c13-12-10(5-3-6-11(12)15(17)18)14-7-2-1-4-9(14)8-16/h3,5-6,9,16H,1-2,4,7-8H2/t9-/m1/s1. The molecule has 18 heavy (non-hydrogen) atoms. The van der Waals surface area contributed by atoms with Gasteiger partial charge in [0.25, 0.3) is 0 Å². The lowest BCUT2D eigenvalue weighted by atomic mass is 10.0. The van der Waals surface area contributed by atoms with E-state index in [1.807, 2.05) is 0 Å². The highest BCUT2D eigenvalue weighted by atomic mass is 19.1. The molecule has 1 aliphatic rings. The van der Waals surface area contributed by atoms with E-state index in [-0.39, 0.29) is 18.3 Å². The predicted molar refractivity (Wildman–Crippen MR) is 65.1 cm³/mol. The van der Waals surface area contributed by atoms with Gasteiger partial charge in [0, 0.05) is 12.6 Å². The number of nitro benzene ring substituents is 1. The van der Waals surface area contributed by atoms with Crippen molar-refractivity contribution in [3.63, 3.8) is 0 Å². The number of aliphatic hydroxyl groups is 1. The lowest BCUT2D eigenvalue weighted by Gasteiger charge is -2.36. The number of hydrogen-bond acceptors (Lipinski definition) is 4. The maximum absolute atomic E-state index is 14.1. The van der Waals surface area contributed by atoms with E-state index in [4.69, 9.17) is 0 Å². The van der Waals surface area contributed by atoms with Gasteiger partial charge in [-0.2, -0.15) is 4.39 Å². The van der Waals surface area contributed by atoms with E-state index >= 15 is 0 Å². The van der Waals surface area contributed by atoms with Crippen molar-refractivity contribution in [3.05, 3.63) is 34.1 Å². The molecule has 5 nitrogen and oxygen atoms in total. The molecule has 1 N–H and O–H groups in total. The largest absolute Gasteiger partial charge is 0.394 e. The van der Waals surface area contributed by atoms with Crippen molar-refractivity contribution in [2.45, 2.75) is 25.3 Å². The molecule has 1 aromatic carbocycles. The van der Waals surface area contributed by atoms with Crippen LogP contribution < -0.4 is 4.90 Å². The molecule has 0 spiro atoms. The fourth-order valence-electron chi connectivity index (χ4n) is 2.38. The maximum Gasteiger partial charge on any atom is 0.306 e. The van der Waals surface area contributed by atoms with Crippen LogP contribution in [0.3, 0.4) is 0 Å². The van der Waals surface area contributed by atoms with Gasteiger partial charge in [0.2, 0.25) is 5.82 Å². The van der Waals surface area contributed by atoms with Crippen LogP contribution in [0.4, 0.5) is 15.8 Å². The Morgan fingerprint density at radius 3 is 2.94 bits per heavy atom. The molecule has 0 saturated carbocycles. The molecule has 98 valence electrons. The molecule has 0 unspecified atom stereocenters. The quantitative estimate of drug-likeness (QED) is 0.662. The molecular formula is C12H15FN2O3. The van der Waals surface area contributed by atoms with Gasteiger partial charge in [-0.3, -0.25) is 10.1 Å². The minimum Gasteiger partial charge on any atom is -0.394 e.